The van der Waals surface area contributed by atoms with Gasteiger partial charge in [0.05, 0.1) is 10.2 Å². The molecule has 0 aliphatic heterocycles. The minimum atomic E-state index is -3.69. The van der Waals surface area contributed by atoms with Crippen molar-refractivity contribution in [2.45, 2.75) is 44.8 Å². The maximum Gasteiger partial charge on any atom is 0.243 e. The Morgan fingerprint density at radius 1 is 1.00 bits per heavy atom. The van der Waals surface area contributed by atoms with Crippen LogP contribution in [-0.2, 0) is 20.2 Å². The zero-order chi connectivity index (χ0) is 14.9. The van der Waals surface area contributed by atoms with E-state index in [0.29, 0.717) is 0 Å². The maximum atomic E-state index is 12.2. The number of rotatable bonds is 3. The summed E-state index contributed by atoms with van der Waals surface area (Å²) in [6.45, 7) is 8.07. The van der Waals surface area contributed by atoms with E-state index in [-0.39, 0.29) is 0 Å². The second-order valence-corrected chi connectivity index (χ2v) is 8.47. The first-order chi connectivity index (χ1) is 8.48. The molecule has 4 nitrogen and oxygen atoms in total. The van der Waals surface area contributed by atoms with Crippen molar-refractivity contribution in [3.05, 3.63) is 35.9 Å². The van der Waals surface area contributed by atoms with Crippen molar-refractivity contribution in [1.82, 2.24) is 4.72 Å². The lowest BCUT2D eigenvalue weighted by Crippen LogP contribution is -2.48. The van der Waals surface area contributed by atoms with E-state index >= 15 is 0 Å². The molecule has 0 fully saturated rings. The summed E-state index contributed by atoms with van der Waals surface area (Å²) in [7, 11) is -3.69. The molecule has 0 aromatic heterocycles. The van der Waals surface area contributed by atoms with Gasteiger partial charge in [-0.1, -0.05) is 30.3 Å². The van der Waals surface area contributed by atoms with Gasteiger partial charge in [0, 0.05) is 0 Å². The monoisotopic (exact) mass is 283 g/mol. The Kier molecular flexibility index (Phi) is 4.10. The average molecular weight is 283 g/mol. The third kappa shape index (κ3) is 3.35. The topological polar surface area (TPSA) is 63.2 Å². The van der Waals surface area contributed by atoms with Crippen LogP contribution in [0.5, 0.6) is 0 Å². The van der Waals surface area contributed by atoms with Gasteiger partial charge in [-0.2, -0.15) is 0 Å². The van der Waals surface area contributed by atoms with E-state index in [1.165, 1.54) is 0 Å². The van der Waals surface area contributed by atoms with E-state index in [0.717, 1.165) is 5.56 Å². The summed E-state index contributed by atoms with van der Waals surface area (Å²) < 4.78 is 25.2. The Morgan fingerprint density at radius 2 is 1.47 bits per heavy atom. The summed E-state index contributed by atoms with van der Waals surface area (Å²) in [5.41, 5.74) is -0.129. The van der Waals surface area contributed by atoms with E-state index < -0.39 is 26.1 Å². The molecule has 0 unspecified atom stereocenters. The largest absolute Gasteiger partial charge is 0.273 e. The molecular weight excluding hydrogens is 262 g/mol. The van der Waals surface area contributed by atoms with Gasteiger partial charge in [-0.3, -0.25) is 9.52 Å². The van der Waals surface area contributed by atoms with Gasteiger partial charge in [-0.15, -0.1) is 0 Å². The number of sulfonamides is 1. The number of amides is 1. The molecule has 106 valence electrons. The van der Waals surface area contributed by atoms with Crippen molar-refractivity contribution in [2.24, 2.45) is 0 Å². The minimum Gasteiger partial charge on any atom is -0.273 e. The van der Waals surface area contributed by atoms with Gasteiger partial charge in [0.25, 0.3) is 0 Å². The summed E-state index contributed by atoms with van der Waals surface area (Å²) in [4.78, 5) is 12.2. The molecule has 0 saturated carbocycles. The van der Waals surface area contributed by atoms with Crippen LogP contribution in [0.4, 0.5) is 0 Å². The molecule has 0 heterocycles. The second-order valence-electron chi connectivity index (χ2n) is 6.04. The number of hydrogen-bond donors (Lipinski definition) is 1. The SMILES string of the molecule is CC(C)(C(=O)NS(=O)(=O)C(C)(C)C)c1ccccc1. The summed E-state index contributed by atoms with van der Waals surface area (Å²) in [6, 6.07) is 9.11. The van der Waals surface area contributed by atoms with Gasteiger partial charge in [0.1, 0.15) is 0 Å². The number of carbonyl (C=O) groups excluding carboxylic acids is 1. The fraction of sp³-hybridized carbons (Fsp3) is 0.500. The average Bonchev–Trinajstić information content (AvgIpc) is 2.28. The third-order valence-electron chi connectivity index (χ3n) is 3.10. The van der Waals surface area contributed by atoms with Crippen molar-refractivity contribution < 1.29 is 13.2 Å². The molecule has 0 bridgehead atoms. The Balaban J connectivity index is 3.03. The van der Waals surface area contributed by atoms with Crippen LogP contribution in [0.2, 0.25) is 0 Å². The highest BCUT2D eigenvalue weighted by Gasteiger charge is 2.37. The number of benzene rings is 1. The van der Waals surface area contributed by atoms with Crippen LogP contribution in [0.25, 0.3) is 0 Å². The fourth-order valence-corrected chi connectivity index (χ4v) is 2.19. The van der Waals surface area contributed by atoms with Crippen LogP contribution < -0.4 is 4.72 Å². The summed E-state index contributed by atoms with van der Waals surface area (Å²) >= 11 is 0. The molecule has 0 atom stereocenters. The van der Waals surface area contributed by atoms with E-state index in [4.69, 9.17) is 0 Å². The van der Waals surface area contributed by atoms with Crippen LogP contribution in [-0.4, -0.2) is 19.1 Å². The van der Waals surface area contributed by atoms with Gasteiger partial charge in [0.2, 0.25) is 15.9 Å². The van der Waals surface area contributed by atoms with Gasteiger partial charge in [-0.05, 0) is 40.2 Å². The van der Waals surface area contributed by atoms with Crippen LogP contribution in [0.1, 0.15) is 40.2 Å². The second kappa shape index (κ2) is 4.96. The number of nitrogens with one attached hydrogen (secondary N) is 1. The quantitative estimate of drug-likeness (QED) is 0.925. The normalized spacial score (nSPS) is 13.1. The van der Waals surface area contributed by atoms with Gasteiger partial charge in [-0.25, -0.2) is 8.42 Å². The molecule has 1 aromatic carbocycles. The van der Waals surface area contributed by atoms with Crippen molar-refractivity contribution in [3.8, 4) is 0 Å². The molecule has 1 N–H and O–H groups in total. The van der Waals surface area contributed by atoms with E-state index in [9.17, 15) is 13.2 Å². The number of hydrogen-bond acceptors (Lipinski definition) is 3. The van der Waals surface area contributed by atoms with Crippen molar-refractivity contribution in [1.29, 1.82) is 0 Å². The van der Waals surface area contributed by atoms with E-state index in [2.05, 4.69) is 4.72 Å². The Hall–Kier alpha value is -1.36. The molecule has 1 rings (SSSR count). The molecule has 19 heavy (non-hydrogen) atoms. The van der Waals surface area contributed by atoms with Crippen molar-refractivity contribution >= 4 is 15.9 Å². The van der Waals surface area contributed by atoms with Gasteiger partial charge in [0.15, 0.2) is 0 Å². The minimum absolute atomic E-state index is 0.520. The summed E-state index contributed by atoms with van der Waals surface area (Å²) in [5.74, 6) is -0.520. The number of carbonyl (C=O) groups is 1. The Bertz CT molecular complexity index is 554. The summed E-state index contributed by atoms with van der Waals surface area (Å²) in [6.07, 6.45) is 0. The highest BCUT2D eigenvalue weighted by atomic mass is 32.2. The van der Waals surface area contributed by atoms with Crippen LogP contribution in [0.3, 0.4) is 0 Å². The lowest BCUT2D eigenvalue weighted by Gasteiger charge is -2.27. The van der Waals surface area contributed by atoms with Crippen LogP contribution >= 0.6 is 0 Å². The predicted molar refractivity (Wildman–Crippen MR) is 76.3 cm³/mol. The third-order valence-corrected chi connectivity index (χ3v) is 5.16. The highest BCUT2D eigenvalue weighted by molar-refractivity contribution is 7.91. The van der Waals surface area contributed by atoms with E-state index in [1.807, 2.05) is 30.3 Å². The standard InChI is InChI=1S/C14H21NO3S/c1-13(2,3)19(17,18)15-12(16)14(4,5)11-9-7-6-8-10-11/h6-10H,1-5H3,(H,15,16). The van der Waals surface area contributed by atoms with Gasteiger partial charge < -0.3 is 0 Å². The first kappa shape index (κ1) is 15.7. The molecule has 0 radical (unpaired) electrons. The zero-order valence-electron chi connectivity index (χ0n) is 12.0. The fourth-order valence-electron chi connectivity index (χ4n) is 1.39. The van der Waals surface area contributed by atoms with Gasteiger partial charge >= 0.3 is 0 Å². The van der Waals surface area contributed by atoms with Crippen LogP contribution in [0.15, 0.2) is 30.3 Å². The first-order valence-corrected chi connectivity index (χ1v) is 7.59. The van der Waals surface area contributed by atoms with Crippen molar-refractivity contribution in [3.63, 3.8) is 0 Å². The molecule has 1 aromatic rings. The lowest BCUT2D eigenvalue weighted by molar-refractivity contribution is -0.123. The first-order valence-electron chi connectivity index (χ1n) is 6.11. The molecule has 0 aliphatic carbocycles. The smallest absolute Gasteiger partial charge is 0.243 e. The Morgan fingerprint density at radius 3 is 1.89 bits per heavy atom. The lowest BCUT2D eigenvalue weighted by atomic mass is 9.84. The maximum absolute atomic E-state index is 12.2. The van der Waals surface area contributed by atoms with E-state index in [1.54, 1.807) is 34.6 Å². The predicted octanol–water partition coefficient (Wildman–Crippen LogP) is 2.21. The molecule has 5 heteroatoms. The highest BCUT2D eigenvalue weighted by Crippen LogP contribution is 2.24. The Labute approximate surface area is 115 Å². The summed E-state index contributed by atoms with van der Waals surface area (Å²) in [5, 5.41) is 0. The van der Waals surface area contributed by atoms with Crippen molar-refractivity contribution in [2.75, 3.05) is 0 Å². The molecule has 0 spiro atoms. The van der Waals surface area contributed by atoms with Crippen LogP contribution in [0, 0.1) is 0 Å². The molecular formula is C14H21NO3S. The molecule has 1 amide bonds. The molecule has 0 saturated heterocycles. The molecule has 0 aliphatic rings. The zero-order valence-corrected chi connectivity index (χ0v) is 12.8.